The van der Waals surface area contributed by atoms with Gasteiger partial charge in [0.1, 0.15) is 0 Å². The molecule has 0 N–H and O–H groups in total. The van der Waals surface area contributed by atoms with Crippen LogP contribution in [-0.2, 0) is 0 Å². The molecular formula is C6H8BrF3. The van der Waals surface area contributed by atoms with E-state index in [1.54, 1.807) is 0 Å². The van der Waals surface area contributed by atoms with E-state index in [0.29, 0.717) is 11.8 Å². The fourth-order valence-electron chi connectivity index (χ4n) is 1.18. The van der Waals surface area contributed by atoms with Crippen LogP contribution in [0.4, 0.5) is 13.2 Å². The van der Waals surface area contributed by atoms with Crippen molar-refractivity contribution in [2.24, 2.45) is 11.8 Å². The van der Waals surface area contributed by atoms with Crippen molar-refractivity contribution in [3.05, 3.63) is 0 Å². The SMILES string of the molecule is FC(F)(F)[C@@H]1CC[C@H]1CBr. The Morgan fingerprint density at radius 2 is 1.90 bits per heavy atom. The second kappa shape index (κ2) is 2.72. The Balaban J connectivity index is 2.43. The molecular weight excluding hydrogens is 209 g/mol. The Kier molecular flexibility index (Phi) is 2.28. The molecule has 0 nitrogen and oxygen atoms in total. The van der Waals surface area contributed by atoms with Gasteiger partial charge in [0, 0.05) is 5.33 Å². The fraction of sp³-hybridized carbons (Fsp3) is 1.00. The lowest BCUT2D eigenvalue weighted by molar-refractivity contribution is -0.209. The number of halogens is 4. The third-order valence-corrected chi connectivity index (χ3v) is 2.87. The minimum Gasteiger partial charge on any atom is -0.171 e. The predicted octanol–water partition coefficient (Wildman–Crippen LogP) is 2.97. The zero-order chi connectivity index (χ0) is 7.78. The maximum atomic E-state index is 11.9. The van der Waals surface area contributed by atoms with Crippen molar-refractivity contribution in [3.8, 4) is 0 Å². The van der Waals surface area contributed by atoms with E-state index >= 15 is 0 Å². The highest BCUT2D eigenvalue weighted by atomic mass is 79.9. The first-order chi connectivity index (χ1) is 4.55. The van der Waals surface area contributed by atoms with Gasteiger partial charge in [-0.25, -0.2) is 0 Å². The van der Waals surface area contributed by atoms with Crippen molar-refractivity contribution < 1.29 is 13.2 Å². The monoisotopic (exact) mass is 216 g/mol. The molecule has 0 aromatic heterocycles. The number of alkyl halides is 4. The van der Waals surface area contributed by atoms with Crippen molar-refractivity contribution in [3.63, 3.8) is 0 Å². The van der Waals surface area contributed by atoms with E-state index in [2.05, 4.69) is 15.9 Å². The van der Waals surface area contributed by atoms with Gasteiger partial charge in [0.25, 0.3) is 0 Å². The van der Waals surface area contributed by atoms with Crippen LogP contribution in [0, 0.1) is 11.8 Å². The summed E-state index contributed by atoms with van der Waals surface area (Å²) in [6, 6.07) is 0. The molecule has 0 amide bonds. The van der Waals surface area contributed by atoms with Crippen LogP contribution in [-0.4, -0.2) is 11.5 Å². The van der Waals surface area contributed by atoms with Gasteiger partial charge in [-0.15, -0.1) is 0 Å². The number of rotatable bonds is 1. The topological polar surface area (TPSA) is 0 Å². The van der Waals surface area contributed by atoms with Gasteiger partial charge in [-0.2, -0.15) is 13.2 Å². The highest BCUT2D eigenvalue weighted by molar-refractivity contribution is 9.09. The zero-order valence-electron chi connectivity index (χ0n) is 5.29. The van der Waals surface area contributed by atoms with Gasteiger partial charge in [0.05, 0.1) is 5.92 Å². The smallest absolute Gasteiger partial charge is 0.171 e. The molecule has 1 fully saturated rings. The van der Waals surface area contributed by atoms with Crippen molar-refractivity contribution in [2.45, 2.75) is 19.0 Å². The summed E-state index contributed by atoms with van der Waals surface area (Å²) in [5.74, 6) is -1.20. The summed E-state index contributed by atoms with van der Waals surface area (Å²) < 4.78 is 35.8. The van der Waals surface area contributed by atoms with E-state index < -0.39 is 12.1 Å². The van der Waals surface area contributed by atoms with E-state index in [9.17, 15) is 13.2 Å². The highest BCUT2D eigenvalue weighted by Crippen LogP contribution is 2.46. The number of hydrogen-bond donors (Lipinski definition) is 0. The van der Waals surface area contributed by atoms with Crippen LogP contribution in [0.5, 0.6) is 0 Å². The average molecular weight is 217 g/mol. The van der Waals surface area contributed by atoms with Gasteiger partial charge < -0.3 is 0 Å². The Morgan fingerprint density at radius 3 is 2.00 bits per heavy atom. The lowest BCUT2D eigenvalue weighted by Crippen LogP contribution is -2.38. The molecule has 0 aromatic rings. The molecule has 4 heteroatoms. The summed E-state index contributed by atoms with van der Waals surface area (Å²) >= 11 is 3.06. The molecule has 0 heterocycles. The van der Waals surface area contributed by atoms with Gasteiger partial charge in [-0.1, -0.05) is 15.9 Å². The van der Waals surface area contributed by atoms with Crippen molar-refractivity contribution in [1.29, 1.82) is 0 Å². The second-order valence-corrected chi connectivity index (χ2v) is 3.29. The van der Waals surface area contributed by atoms with Crippen molar-refractivity contribution in [2.75, 3.05) is 5.33 Å². The zero-order valence-corrected chi connectivity index (χ0v) is 6.87. The predicted molar refractivity (Wildman–Crippen MR) is 36.1 cm³/mol. The molecule has 0 bridgehead atoms. The minimum atomic E-state index is -3.96. The molecule has 1 aliphatic carbocycles. The van der Waals surface area contributed by atoms with E-state index in [0.717, 1.165) is 6.42 Å². The summed E-state index contributed by atoms with van der Waals surface area (Å²) in [5.41, 5.74) is 0. The first-order valence-corrected chi connectivity index (χ1v) is 4.30. The van der Waals surface area contributed by atoms with Gasteiger partial charge in [-0.05, 0) is 18.8 Å². The Labute approximate surface area is 65.9 Å². The molecule has 1 rings (SSSR count). The van der Waals surface area contributed by atoms with Gasteiger partial charge in [0.2, 0.25) is 0 Å². The quantitative estimate of drug-likeness (QED) is 0.592. The molecule has 0 saturated heterocycles. The normalized spacial score (nSPS) is 33.6. The van der Waals surface area contributed by atoms with Crippen LogP contribution in [0.25, 0.3) is 0 Å². The van der Waals surface area contributed by atoms with E-state index in [-0.39, 0.29) is 5.92 Å². The van der Waals surface area contributed by atoms with E-state index in [1.807, 2.05) is 0 Å². The summed E-state index contributed by atoms with van der Waals surface area (Å²) in [4.78, 5) is 0. The maximum Gasteiger partial charge on any atom is 0.392 e. The molecule has 1 saturated carbocycles. The summed E-state index contributed by atoms with van der Waals surface area (Å²) in [6.45, 7) is 0. The van der Waals surface area contributed by atoms with Crippen LogP contribution in [0.1, 0.15) is 12.8 Å². The van der Waals surface area contributed by atoms with Crippen LogP contribution >= 0.6 is 15.9 Å². The second-order valence-electron chi connectivity index (χ2n) is 2.64. The third kappa shape index (κ3) is 1.47. The molecule has 2 atom stereocenters. The lowest BCUT2D eigenvalue weighted by Gasteiger charge is -2.36. The van der Waals surface area contributed by atoms with Crippen LogP contribution in [0.2, 0.25) is 0 Å². The molecule has 0 unspecified atom stereocenters. The Morgan fingerprint density at radius 1 is 1.30 bits per heavy atom. The van der Waals surface area contributed by atoms with Crippen molar-refractivity contribution in [1.82, 2.24) is 0 Å². The molecule has 0 radical (unpaired) electrons. The first-order valence-electron chi connectivity index (χ1n) is 3.18. The van der Waals surface area contributed by atoms with Gasteiger partial charge >= 0.3 is 6.18 Å². The average Bonchev–Trinajstić information content (AvgIpc) is 1.57. The molecule has 10 heavy (non-hydrogen) atoms. The summed E-state index contributed by atoms with van der Waals surface area (Å²) in [6.07, 6.45) is -2.92. The lowest BCUT2D eigenvalue weighted by atomic mass is 9.74. The molecule has 1 aliphatic rings. The van der Waals surface area contributed by atoms with E-state index in [4.69, 9.17) is 0 Å². The molecule has 0 aromatic carbocycles. The van der Waals surface area contributed by atoms with Crippen molar-refractivity contribution >= 4 is 15.9 Å². The van der Waals surface area contributed by atoms with E-state index in [1.165, 1.54) is 0 Å². The van der Waals surface area contributed by atoms with Gasteiger partial charge in [0.15, 0.2) is 0 Å². The molecule has 0 aliphatic heterocycles. The maximum absolute atomic E-state index is 11.9. The van der Waals surface area contributed by atoms with Crippen LogP contribution in [0.3, 0.4) is 0 Å². The fourth-order valence-corrected chi connectivity index (χ4v) is 1.96. The third-order valence-electron chi connectivity index (χ3n) is 2.04. The Bertz CT molecular complexity index is 119. The van der Waals surface area contributed by atoms with Crippen LogP contribution in [0.15, 0.2) is 0 Å². The highest BCUT2D eigenvalue weighted by Gasteiger charge is 2.48. The standard InChI is InChI=1S/C6H8BrF3/c7-3-4-1-2-5(4)6(8,9)10/h4-5H,1-3H2/t4-,5+/m0/s1. The minimum absolute atomic E-state index is 0.167. The first kappa shape index (κ1) is 8.37. The Hall–Kier alpha value is 0.270. The number of hydrogen-bond acceptors (Lipinski definition) is 0. The van der Waals surface area contributed by atoms with Crippen LogP contribution < -0.4 is 0 Å². The summed E-state index contributed by atoms with van der Waals surface area (Å²) in [5, 5.41) is 0.483. The molecule has 0 spiro atoms. The molecule has 60 valence electrons. The summed E-state index contributed by atoms with van der Waals surface area (Å²) in [7, 11) is 0. The van der Waals surface area contributed by atoms with Gasteiger partial charge in [-0.3, -0.25) is 0 Å². The largest absolute Gasteiger partial charge is 0.392 e.